The van der Waals surface area contributed by atoms with Crippen molar-refractivity contribution in [3.8, 4) is 0 Å². The van der Waals surface area contributed by atoms with Crippen molar-refractivity contribution in [1.29, 1.82) is 0 Å². The number of imidazole rings is 1. The maximum atomic E-state index is 10.9. The number of benzene rings is 1. The van der Waals surface area contributed by atoms with Crippen LogP contribution in [0.4, 0.5) is 5.69 Å². The standard InChI is InChI=1S/C15H18N4O2/c1-15(5-6-16-10-15)14-8-17-11-18(14)9-12-3-2-4-13(7-12)19(20)21/h2-4,7-8,11,16H,5-6,9-10H2,1H3. The molecule has 6 nitrogen and oxygen atoms in total. The SMILES string of the molecule is CC1(c2cncn2Cc2cccc([N+](=O)[O-])c2)CCNC1. The Bertz CT molecular complexity index is 659. The van der Waals surface area contributed by atoms with Crippen LogP contribution in [-0.2, 0) is 12.0 Å². The van der Waals surface area contributed by atoms with Gasteiger partial charge >= 0.3 is 0 Å². The van der Waals surface area contributed by atoms with E-state index in [2.05, 4.69) is 21.8 Å². The van der Waals surface area contributed by atoms with Crippen LogP contribution < -0.4 is 5.32 Å². The lowest BCUT2D eigenvalue weighted by Gasteiger charge is -2.24. The van der Waals surface area contributed by atoms with Crippen LogP contribution in [0.25, 0.3) is 0 Å². The molecule has 1 fully saturated rings. The van der Waals surface area contributed by atoms with Gasteiger partial charge in [-0.25, -0.2) is 4.98 Å². The molecule has 0 amide bonds. The Balaban J connectivity index is 1.88. The lowest BCUT2D eigenvalue weighted by Crippen LogP contribution is -2.28. The molecule has 1 N–H and O–H groups in total. The summed E-state index contributed by atoms with van der Waals surface area (Å²) >= 11 is 0. The van der Waals surface area contributed by atoms with Crippen molar-refractivity contribution in [2.45, 2.75) is 25.3 Å². The van der Waals surface area contributed by atoms with E-state index in [0.717, 1.165) is 25.1 Å². The van der Waals surface area contributed by atoms with Crippen LogP contribution in [0.15, 0.2) is 36.8 Å². The molecule has 0 saturated carbocycles. The van der Waals surface area contributed by atoms with Crippen molar-refractivity contribution < 1.29 is 4.92 Å². The molecule has 1 aromatic heterocycles. The van der Waals surface area contributed by atoms with Gasteiger partial charge in [0.15, 0.2) is 0 Å². The summed E-state index contributed by atoms with van der Waals surface area (Å²) in [5.41, 5.74) is 2.30. The van der Waals surface area contributed by atoms with E-state index in [9.17, 15) is 10.1 Å². The molecule has 1 saturated heterocycles. The molecule has 2 heterocycles. The van der Waals surface area contributed by atoms with Crippen molar-refractivity contribution in [1.82, 2.24) is 14.9 Å². The Hall–Kier alpha value is -2.21. The molecule has 2 aromatic rings. The van der Waals surface area contributed by atoms with E-state index in [4.69, 9.17) is 0 Å². The average molecular weight is 286 g/mol. The number of nitrogens with one attached hydrogen (secondary N) is 1. The Morgan fingerprint density at radius 3 is 3.10 bits per heavy atom. The van der Waals surface area contributed by atoms with Gasteiger partial charge < -0.3 is 9.88 Å². The number of rotatable bonds is 4. The van der Waals surface area contributed by atoms with Crippen molar-refractivity contribution in [2.24, 2.45) is 0 Å². The van der Waals surface area contributed by atoms with Crippen LogP contribution >= 0.6 is 0 Å². The zero-order valence-corrected chi connectivity index (χ0v) is 12.0. The molecule has 1 aliphatic heterocycles. The summed E-state index contributed by atoms with van der Waals surface area (Å²) in [5, 5.41) is 14.2. The Kier molecular flexibility index (Phi) is 3.47. The third-order valence-electron chi connectivity index (χ3n) is 4.17. The summed E-state index contributed by atoms with van der Waals surface area (Å²) in [7, 11) is 0. The highest BCUT2D eigenvalue weighted by Gasteiger charge is 2.33. The van der Waals surface area contributed by atoms with Crippen LogP contribution in [-0.4, -0.2) is 27.6 Å². The van der Waals surface area contributed by atoms with Crippen LogP contribution in [0.2, 0.25) is 0 Å². The summed E-state index contributed by atoms with van der Waals surface area (Å²) in [6, 6.07) is 6.77. The Morgan fingerprint density at radius 1 is 1.52 bits per heavy atom. The molecule has 0 spiro atoms. The second-order valence-corrected chi connectivity index (χ2v) is 5.82. The molecule has 6 heteroatoms. The van der Waals surface area contributed by atoms with E-state index in [1.54, 1.807) is 18.5 Å². The first-order valence-electron chi connectivity index (χ1n) is 7.03. The number of nitro groups is 1. The zero-order valence-electron chi connectivity index (χ0n) is 12.0. The van der Waals surface area contributed by atoms with Gasteiger partial charge in [-0.3, -0.25) is 10.1 Å². The predicted octanol–water partition coefficient (Wildman–Crippen LogP) is 2.09. The van der Waals surface area contributed by atoms with Gasteiger partial charge in [0.2, 0.25) is 0 Å². The third-order valence-corrected chi connectivity index (χ3v) is 4.17. The summed E-state index contributed by atoms with van der Waals surface area (Å²) in [5.74, 6) is 0. The first kappa shape index (κ1) is 13.8. The van der Waals surface area contributed by atoms with Gasteiger partial charge in [-0.15, -0.1) is 0 Å². The molecule has 0 aliphatic carbocycles. The van der Waals surface area contributed by atoms with E-state index >= 15 is 0 Å². The van der Waals surface area contributed by atoms with Crippen molar-refractivity contribution in [2.75, 3.05) is 13.1 Å². The largest absolute Gasteiger partial charge is 0.330 e. The Morgan fingerprint density at radius 2 is 2.38 bits per heavy atom. The van der Waals surface area contributed by atoms with E-state index in [0.29, 0.717) is 6.54 Å². The highest BCUT2D eigenvalue weighted by Crippen LogP contribution is 2.30. The molecule has 1 aliphatic rings. The second-order valence-electron chi connectivity index (χ2n) is 5.82. The summed E-state index contributed by atoms with van der Waals surface area (Å²) in [4.78, 5) is 14.8. The number of hydrogen-bond donors (Lipinski definition) is 1. The average Bonchev–Trinajstić information content (AvgIpc) is 3.09. The van der Waals surface area contributed by atoms with Gasteiger partial charge in [0.1, 0.15) is 0 Å². The minimum Gasteiger partial charge on any atom is -0.330 e. The number of nitro benzene ring substituents is 1. The van der Waals surface area contributed by atoms with Gasteiger partial charge in [0.05, 0.1) is 11.3 Å². The van der Waals surface area contributed by atoms with Gasteiger partial charge in [0.25, 0.3) is 5.69 Å². The lowest BCUT2D eigenvalue weighted by molar-refractivity contribution is -0.384. The van der Waals surface area contributed by atoms with E-state index in [1.807, 2.05) is 12.3 Å². The van der Waals surface area contributed by atoms with Crippen LogP contribution in [0.1, 0.15) is 24.6 Å². The van der Waals surface area contributed by atoms with Crippen LogP contribution in [0.3, 0.4) is 0 Å². The van der Waals surface area contributed by atoms with Crippen molar-refractivity contribution >= 4 is 5.69 Å². The van der Waals surface area contributed by atoms with E-state index in [-0.39, 0.29) is 16.0 Å². The molecule has 0 bridgehead atoms. The van der Waals surface area contributed by atoms with Gasteiger partial charge in [-0.2, -0.15) is 0 Å². The molecule has 0 radical (unpaired) electrons. The van der Waals surface area contributed by atoms with Gasteiger partial charge in [0, 0.05) is 42.5 Å². The number of non-ortho nitro benzene ring substituents is 1. The molecule has 1 atom stereocenters. The summed E-state index contributed by atoms with van der Waals surface area (Å²) < 4.78 is 2.09. The van der Waals surface area contributed by atoms with E-state index < -0.39 is 0 Å². The monoisotopic (exact) mass is 286 g/mol. The molecular formula is C15H18N4O2. The first-order chi connectivity index (χ1) is 10.1. The minimum atomic E-state index is -0.361. The van der Waals surface area contributed by atoms with Crippen LogP contribution in [0, 0.1) is 10.1 Å². The fraction of sp³-hybridized carbons (Fsp3) is 0.400. The zero-order chi connectivity index (χ0) is 14.9. The quantitative estimate of drug-likeness (QED) is 0.690. The predicted molar refractivity (Wildman–Crippen MR) is 79.3 cm³/mol. The Labute approximate surface area is 123 Å². The second kappa shape index (κ2) is 5.29. The van der Waals surface area contributed by atoms with Crippen molar-refractivity contribution in [3.05, 3.63) is 58.2 Å². The smallest absolute Gasteiger partial charge is 0.269 e. The summed E-state index contributed by atoms with van der Waals surface area (Å²) in [6.45, 7) is 4.78. The van der Waals surface area contributed by atoms with Crippen LogP contribution in [0.5, 0.6) is 0 Å². The number of aromatic nitrogens is 2. The highest BCUT2D eigenvalue weighted by molar-refractivity contribution is 5.34. The third kappa shape index (κ3) is 2.67. The van der Waals surface area contributed by atoms with Gasteiger partial charge in [-0.1, -0.05) is 19.1 Å². The summed E-state index contributed by atoms with van der Waals surface area (Å²) in [6.07, 6.45) is 4.79. The molecular weight excluding hydrogens is 268 g/mol. The van der Waals surface area contributed by atoms with E-state index in [1.165, 1.54) is 11.8 Å². The molecule has 3 rings (SSSR count). The topological polar surface area (TPSA) is 73.0 Å². The highest BCUT2D eigenvalue weighted by atomic mass is 16.6. The van der Waals surface area contributed by atoms with Gasteiger partial charge in [-0.05, 0) is 18.5 Å². The molecule has 110 valence electrons. The molecule has 1 aromatic carbocycles. The molecule has 1 unspecified atom stereocenters. The number of hydrogen-bond acceptors (Lipinski definition) is 4. The minimum absolute atomic E-state index is 0.0806. The first-order valence-corrected chi connectivity index (χ1v) is 7.03. The maximum absolute atomic E-state index is 10.9. The fourth-order valence-electron chi connectivity index (χ4n) is 2.95. The fourth-order valence-corrected chi connectivity index (χ4v) is 2.95. The number of nitrogens with zero attached hydrogens (tertiary/aromatic N) is 3. The van der Waals surface area contributed by atoms with Crippen molar-refractivity contribution in [3.63, 3.8) is 0 Å². The lowest BCUT2D eigenvalue weighted by atomic mass is 9.86. The molecule has 21 heavy (non-hydrogen) atoms. The normalized spacial score (nSPS) is 21.6. The maximum Gasteiger partial charge on any atom is 0.269 e.